The van der Waals surface area contributed by atoms with Gasteiger partial charge in [-0.3, -0.25) is 4.79 Å². The maximum absolute atomic E-state index is 11.5. The largest absolute Gasteiger partial charge is 0.506 e. The Labute approximate surface area is 101 Å². The van der Waals surface area contributed by atoms with Gasteiger partial charge in [0.25, 0.3) is 0 Å². The van der Waals surface area contributed by atoms with Gasteiger partial charge in [0, 0.05) is 6.42 Å². The number of aryl methyl sites for hydroxylation is 1. The molecule has 0 amide bonds. The van der Waals surface area contributed by atoms with Crippen LogP contribution in [-0.2, 0) is 16.0 Å². The molecule has 4 heteroatoms. The highest BCUT2D eigenvalue weighted by molar-refractivity contribution is 5.70. The van der Waals surface area contributed by atoms with E-state index in [0.717, 1.165) is 5.56 Å². The number of rotatable bonds is 3. The summed E-state index contributed by atoms with van der Waals surface area (Å²) in [6, 6.07) is 4.94. The van der Waals surface area contributed by atoms with Gasteiger partial charge in [-0.25, -0.2) is 0 Å². The summed E-state index contributed by atoms with van der Waals surface area (Å²) in [6.45, 7) is 5.51. The van der Waals surface area contributed by atoms with Crippen LogP contribution >= 0.6 is 0 Å². The maximum atomic E-state index is 11.5. The van der Waals surface area contributed by atoms with Gasteiger partial charge in [-0.15, -0.1) is 0 Å². The van der Waals surface area contributed by atoms with E-state index in [1.807, 2.05) is 20.8 Å². The highest BCUT2D eigenvalue weighted by Crippen LogP contribution is 2.21. The highest BCUT2D eigenvalue weighted by atomic mass is 16.6. The van der Waals surface area contributed by atoms with Gasteiger partial charge in [-0.1, -0.05) is 6.07 Å². The van der Waals surface area contributed by atoms with Crippen molar-refractivity contribution >= 4 is 11.7 Å². The zero-order valence-electron chi connectivity index (χ0n) is 10.5. The number of nitrogens with two attached hydrogens (primary N) is 1. The van der Waals surface area contributed by atoms with Crippen LogP contribution in [-0.4, -0.2) is 16.7 Å². The van der Waals surface area contributed by atoms with Crippen LogP contribution in [0, 0.1) is 0 Å². The summed E-state index contributed by atoms with van der Waals surface area (Å²) in [5.74, 6) is -0.171. The van der Waals surface area contributed by atoms with Crippen LogP contribution in [0.4, 0.5) is 5.69 Å². The lowest BCUT2D eigenvalue weighted by atomic mass is 10.1. The molecule has 1 rings (SSSR count). The van der Waals surface area contributed by atoms with Crippen LogP contribution < -0.4 is 5.73 Å². The topological polar surface area (TPSA) is 72.5 Å². The normalized spacial score (nSPS) is 11.2. The number of ether oxygens (including phenoxy) is 1. The molecule has 0 bridgehead atoms. The quantitative estimate of drug-likeness (QED) is 0.480. The van der Waals surface area contributed by atoms with Crippen LogP contribution in [0.1, 0.15) is 32.8 Å². The van der Waals surface area contributed by atoms with E-state index in [4.69, 9.17) is 10.5 Å². The van der Waals surface area contributed by atoms with E-state index in [0.29, 0.717) is 18.5 Å². The number of carbonyl (C=O) groups excluding carboxylic acids is 1. The maximum Gasteiger partial charge on any atom is 0.306 e. The monoisotopic (exact) mass is 237 g/mol. The molecule has 0 fully saturated rings. The summed E-state index contributed by atoms with van der Waals surface area (Å²) in [6.07, 6.45) is 0.862. The molecule has 0 atom stereocenters. The van der Waals surface area contributed by atoms with Gasteiger partial charge in [0.1, 0.15) is 11.4 Å². The standard InChI is InChI=1S/C13H19NO3/c1-13(2,3)17-12(16)7-5-9-4-6-11(15)10(14)8-9/h4,6,8,15H,5,7,14H2,1-3H3. The van der Waals surface area contributed by atoms with Gasteiger partial charge in [0.15, 0.2) is 0 Å². The molecule has 94 valence electrons. The number of aromatic hydroxyl groups is 1. The molecule has 17 heavy (non-hydrogen) atoms. The van der Waals surface area contributed by atoms with E-state index in [1.165, 1.54) is 6.07 Å². The van der Waals surface area contributed by atoms with E-state index in [1.54, 1.807) is 12.1 Å². The Kier molecular flexibility index (Phi) is 3.99. The van der Waals surface area contributed by atoms with Gasteiger partial charge in [0.05, 0.1) is 5.69 Å². The van der Waals surface area contributed by atoms with Gasteiger partial charge < -0.3 is 15.6 Å². The van der Waals surface area contributed by atoms with E-state index >= 15 is 0 Å². The fourth-order valence-corrected chi connectivity index (χ4v) is 1.40. The Balaban J connectivity index is 2.50. The fourth-order valence-electron chi connectivity index (χ4n) is 1.40. The second kappa shape index (κ2) is 5.08. The molecule has 0 aliphatic heterocycles. The SMILES string of the molecule is CC(C)(C)OC(=O)CCc1ccc(O)c(N)c1. The van der Waals surface area contributed by atoms with Crippen LogP contribution in [0.3, 0.4) is 0 Å². The van der Waals surface area contributed by atoms with Gasteiger partial charge in [0.2, 0.25) is 0 Å². The van der Waals surface area contributed by atoms with Crippen molar-refractivity contribution < 1.29 is 14.6 Å². The summed E-state index contributed by atoms with van der Waals surface area (Å²) in [5, 5.41) is 9.26. The smallest absolute Gasteiger partial charge is 0.306 e. The number of benzene rings is 1. The van der Waals surface area contributed by atoms with Crippen molar-refractivity contribution in [1.82, 2.24) is 0 Å². The summed E-state index contributed by atoms with van der Waals surface area (Å²) in [5.41, 5.74) is 6.34. The fraction of sp³-hybridized carbons (Fsp3) is 0.462. The van der Waals surface area contributed by atoms with Crippen molar-refractivity contribution in [1.29, 1.82) is 0 Å². The van der Waals surface area contributed by atoms with Gasteiger partial charge in [-0.2, -0.15) is 0 Å². The van der Waals surface area contributed by atoms with Crippen LogP contribution in [0.5, 0.6) is 5.75 Å². The molecule has 1 aromatic carbocycles. The number of carbonyl (C=O) groups is 1. The number of nitrogen functional groups attached to an aromatic ring is 1. The molecular weight excluding hydrogens is 218 g/mol. The van der Waals surface area contributed by atoms with Crippen molar-refractivity contribution in [3.63, 3.8) is 0 Å². The first-order valence-electron chi connectivity index (χ1n) is 5.57. The zero-order valence-corrected chi connectivity index (χ0v) is 10.5. The molecule has 0 unspecified atom stereocenters. The Morgan fingerprint density at radius 1 is 1.41 bits per heavy atom. The predicted octanol–water partition coefficient (Wildman–Crippen LogP) is 2.25. The highest BCUT2D eigenvalue weighted by Gasteiger charge is 2.15. The lowest BCUT2D eigenvalue weighted by molar-refractivity contribution is -0.154. The number of hydrogen-bond acceptors (Lipinski definition) is 4. The number of hydrogen-bond donors (Lipinski definition) is 2. The number of esters is 1. The zero-order chi connectivity index (χ0) is 13.1. The second-order valence-electron chi connectivity index (χ2n) is 4.98. The Hall–Kier alpha value is -1.71. The lowest BCUT2D eigenvalue weighted by Gasteiger charge is -2.19. The molecule has 1 aromatic rings. The van der Waals surface area contributed by atoms with Gasteiger partial charge in [-0.05, 0) is 44.9 Å². The molecule has 3 N–H and O–H groups in total. The average Bonchev–Trinajstić information content (AvgIpc) is 2.17. The molecule has 0 radical (unpaired) electrons. The molecule has 0 aromatic heterocycles. The number of anilines is 1. The first kappa shape index (κ1) is 13.4. The minimum absolute atomic E-state index is 0.0611. The van der Waals surface area contributed by atoms with Gasteiger partial charge >= 0.3 is 5.97 Å². The lowest BCUT2D eigenvalue weighted by Crippen LogP contribution is -2.24. The Bertz CT molecular complexity index is 408. The third kappa shape index (κ3) is 4.76. The summed E-state index contributed by atoms with van der Waals surface area (Å²) in [7, 11) is 0. The Morgan fingerprint density at radius 3 is 2.59 bits per heavy atom. The minimum Gasteiger partial charge on any atom is -0.506 e. The molecular formula is C13H19NO3. The van der Waals surface area contributed by atoms with E-state index in [9.17, 15) is 9.90 Å². The average molecular weight is 237 g/mol. The van der Waals surface area contributed by atoms with E-state index in [-0.39, 0.29) is 11.7 Å². The minimum atomic E-state index is -0.453. The Morgan fingerprint density at radius 2 is 2.06 bits per heavy atom. The van der Waals surface area contributed by atoms with Crippen LogP contribution in [0.15, 0.2) is 18.2 Å². The summed E-state index contributed by atoms with van der Waals surface area (Å²) >= 11 is 0. The predicted molar refractivity (Wildman–Crippen MR) is 66.7 cm³/mol. The molecule has 0 spiro atoms. The van der Waals surface area contributed by atoms with Crippen LogP contribution in [0.2, 0.25) is 0 Å². The van der Waals surface area contributed by atoms with Crippen LogP contribution in [0.25, 0.3) is 0 Å². The van der Waals surface area contributed by atoms with Crippen molar-refractivity contribution in [2.24, 2.45) is 0 Å². The molecule has 0 heterocycles. The molecule has 0 aliphatic carbocycles. The van der Waals surface area contributed by atoms with Crippen molar-refractivity contribution in [3.05, 3.63) is 23.8 Å². The number of phenols is 1. The third-order valence-electron chi connectivity index (χ3n) is 2.13. The van der Waals surface area contributed by atoms with E-state index in [2.05, 4.69) is 0 Å². The second-order valence-corrected chi connectivity index (χ2v) is 4.98. The number of phenolic OH excluding ortho intramolecular Hbond substituents is 1. The summed E-state index contributed by atoms with van der Waals surface area (Å²) < 4.78 is 5.19. The summed E-state index contributed by atoms with van der Waals surface area (Å²) in [4.78, 5) is 11.5. The van der Waals surface area contributed by atoms with Crippen molar-refractivity contribution in [2.75, 3.05) is 5.73 Å². The molecule has 0 saturated carbocycles. The molecule has 0 saturated heterocycles. The first-order chi connectivity index (χ1) is 7.78. The molecule has 4 nitrogen and oxygen atoms in total. The first-order valence-corrected chi connectivity index (χ1v) is 5.57. The molecule has 0 aliphatic rings. The van der Waals surface area contributed by atoms with E-state index < -0.39 is 5.60 Å². The third-order valence-corrected chi connectivity index (χ3v) is 2.13. The van der Waals surface area contributed by atoms with Crippen molar-refractivity contribution in [3.8, 4) is 5.75 Å². The van der Waals surface area contributed by atoms with Crippen molar-refractivity contribution in [2.45, 2.75) is 39.2 Å².